The van der Waals surface area contributed by atoms with E-state index in [0.717, 1.165) is 18.4 Å². The van der Waals surface area contributed by atoms with Gasteiger partial charge < -0.3 is 0 Å². The van der Waals surface area contributed by atoms with Crippen molar-refractivity contribution in [3.63, 3.8) is 0 Å². The minimum Gasteiger partial charge on any atom is -0.277 e. The minimum atomic E-state index is 0.749. The van der Waals surface area contributed by atoms with Crippen molar-refractivity contribution in [1.29, 1.82) is 0 Å². The molecule has 1 nitrogen and oxygen atoms in total. The van der Waals surface area contributed by atoms with Gasteiger partial charge in [0.1, 0.15) is 0 Å². The first-order valence-corrected chi connectivity index (χ1v) is 6.48. The molecule has 0 bridgehead atoms. The first-order valence-electron chi connectivity index (χ1n) is 5.50. The predicted octanol–water partition coefficient (Wildman–Crippen LogP) is 3.45. The van der Waals surface area contributed by atoms with Crippen molar-refractivity contribution in [1.82, 2.24) is 0 Å². The predicted molar refractivity (Wildman–Crippen MR) is 68.6 cm³/mol. The van der Waals surface area contributed by atoms with E-state index in [1.54, 1.807) is 0 Å². The fourth-order valence-electron chi connectivity index (χ4n) is 1.64. The second-order valence-corrected chi connectivity index (χ2v) is 5.34. The highest BCUT2D eigenvalue weighted by atomic mass is 32.2. The Kier molecular flexibility index (Phi) is 3.47. The molecule has 1 unspecified atom stereocenters. The van der Waals surface area contributed by atoms with Gasteiger partial charge >= 0.3 is 0 Å². The zero-order valence-corrected chi connectivity index (χ0v) is 10.1. The van der Waals surface area contributed by atoms with Gasteiger partial charge in [0.15, 0.2) is 0 Å². The molecule has 0 saturated carbocycles. The molecule has 0 aromatic heterocycles. The first kappa shape index (κ1) is 10.7. The Hall–Kier alpha value is -0.760. The maximum Gasteiger partial charge on any atom is 0.0977 e. The lowest BCUT2D eigenvalue weighted by molar-refractivity contribution is 0.436. The van der Waals surface area contributed by atoms with Crippen molar-refractivity contribution >= 4 is 16.8 Å². The second-order valence-electron chi connectivity index (χ2n) is 4.33. The van der Waals surface area contributed by atoms with Gasteiger partial charge in [0.2, 0.25) is 0 Å². The molecule has 0 aliphatic carbocycles. The van der Waals surface area contributed by atoms with Crippen LogP contribution in [-0.4, -0.2) is 17.3 Å². The number of benzene rings is 1. The smallest absolute Gasteiger partial charge is 0.0977 e. The Morgan fingerprint density at radius 3 is 2.53 bits per heavy atom. The van der Waals surface area contributed by atoms with Gasteiger partial charge in [-0.3, -0.25) is 4.99 Å². The topological polar surface area (TPSA) is 12.4 Å². The van der Waals surface area contributed by atoms with Crippen LogP contribution in [0.25, 0.3) is 0 Å². The monoisotopic (exact) mass is 219 g/mol. The summed E-state index contributed by atoms with van der Waals surface area (Å²) in [6.45, 7) is 5.57. The van der Waals surface area contributed by atoms with Crippen LogP contribution in [0, 0.1) is 11.8 Å². The Bertz CT molecular complexity index is 343. The number of rotatable bonds is 2. The lowest BCUT2D eigenvalue weighted by atomic mass is 9.98. The van der Waals surface area contributed by atoms with Crippen LogP contribution in [0.1, 0.15) is 19.4 Å². The molecule has 0 spiro atoms. The van der Waals surface area contributed by atoms with E-state index in [2.05, 4.69) is 49.2 Å². The van der Waals surface area contributed by atoms with Crippen LogP contribution < -0.4 is 0 Å². The summed E-state index contributed by atoms with van der Waals surface area (Å²) in [4.78, 5) is 4.68. The molecule has 2 heteroatoms. The number of hydrogen-bond donors (Lipinski definition) is 0. The highest BCUT2D eigenvalue weighted by Crippen LogP contribution is 2.26. The molecule has 15 heavy (non-hydrogen) atoms. The summed E-state index contributed by atoms with van der Waals surface area (Å²) in [5, 5.41) is 1.22. The van der Waals surface area contributed by atoms with Gasteiger partial charge in [0.05, 0.1) is 5.04 Å². The van der Waals surface area contributed by atoms with E-state index in [0.29, 0.717) is 0 Å². The third kappa shape index (κ3) is 2.63. The quantitative estimate of drug-likeness (QED) is 0.742. The van der Waals surface area contributed by atoms with Crippen molar-refractivity contribution in [2.45, 2.75) is 13.8 Å². The second kappa shape index (κ2) is 4.84. The molecule has 0 N–H and O–H groups in total. The van der Waals surface area contributed by atoms with Crippen molar-refractivity contribution in [3.05, 3.63) is 35.9 Å². The Morgan fingerprint density at radius 1 is 1.27 bits per heavy atom. The molecule has 1 heterocycles. The third-order valence-electron chi connectivity index (χ3n) is 2.87. The van der Waals surface area contributed by atoms with E-state index in [4.69, 9.17) is 0 Å². The highest BCUT2D eigenvalue weighted by molar-refractivity contribution is 8.14. The molecule has 0 amide bonds. The SMILES string of the molecule is CC(C)C1CN=C(c2ccccc2)SC1. The van der Waals surface area contributed by atoms with Crippen LogP contribution in [0.5, 0.6) is 0 Å². The summed E-state index contributed by atoms with van der Waals surface area (Å²) in [5.74, 6) is 2.71. The lowest BCUT2D eigenvalue weighted by Gasteiger charge is -2.23. The molecular formula is C13H17NS. The molecular weight excluding hydrogens is 202 g/mol. The van der Waals surface area contributed by atoms with Crippen molar-refractivity contribution in [3.8, 4) is 0 Å². The number of hydrogen-bond acceptors (Lipinski definition) is 2. The van der Waals surface area contributed by atoms with Crippen molar-refractivity contribution in [2.24, 2.45) is 16.8 Å². The summed E-state index contributed by atoms with van der Waals surface area (Å²) in [5.41, 5.74) is 1.27. The fraction of sp³-hybridized carbons (Fsp3) is 0.462. The average molecular weight is 219 g/mol. The zero-order chi connectivity index (χ0) is 10.7. The van der Waals surface area contributed by atoms with Crippen molar-refractivity contribution in [2.75, 3.05) is 12.3 Å². The Balaban J connectivity index is 2.09. The molecule has 1 atom stereocenters. The highest BCUT2D eigenvalue weighted by Gasteiger charge is 2.19. The van der Waals surface area contributed by atoms with Crippen LogP contribution in [0.4, 0.5) is 0 Å². The summed E-state index contributed by atoms with van der Waals surface area (Å²) < 4.78 is 0. The van der Waals surface area contributed by atoms with E-state index in [-0.39, 0.29) is 0 Å². The molecule has 0 fully saturated rings. The van der Waals surface area contributed by atoms with Crippen molar-refractivity contribution < 1.29 is 0 Å². The largest absolute Gasteiger partial charge is 0.277 e. The van der Waals surface area contributed by atoms with Gasteiger partial charge in [0.25, 0.3) is 0 Å². The number of thioether (sulfide) groups is 1. The first-order chi connectivity index (χ1) is 7.27. The minimum absolute atomic E-state index is 0.749. The van der Waals surface area contributed by atoms with Gasteiger partial charge in [-0.25, -0.2) is 0 Å². The summed E-state index contributed by atoms with van der Waals surface area (Å²) >= 11 is 1.90. The molecule has 1 aliphatic rings. The Morgan fingerprint density at radius 2 is 2.00 bits per heavy atom. The average Bonchev–Trinajstić information content (AvgIpc) is 2.30. The standard InChI is InChI=1S/C13H17NS/c1-10(2)12-8-14-13(15-9-12)11-6-4-3-5-7-11/h3-7,10,12H,8-9H2,1-2H3. The van der Waals surface area contributed by atoms with Gasteiger partial charge in [0, 0.05) is 17.9 Å². The van der Waals surface area contributed by atoms with Gasteiger partial charge in [-0.2, -0.15) is 0 Å². The lowest BCUT2D eigenvalue weighted by Crippen LogP contribution is -2.21. The third-order valence-corrected chi connectivity index (χ3v) is 4.10. The van der Waals surface area contributed by atoms with E-state index in [1.807, 2.05) is 11.8 Å². The molecule has 1 aromatic rings. The van der Waals surface area contributed by atoms with Crippen LogP contribution in [-0.2, 0) is 0 Å². The molecule has 1 aliphatic heterocycles. The maximum absolute atomic E-state index is 4.68. The summed E-state index contributed by atoms with van der Waals surface area (Å²) in [6.07, 6.45) is 0. The molecule has 2 rings (SSSR count). The van der Waals surface area contributed by atoms with E-state index in [1.165, 1.54) is 16.4 Å². The van der Waals surface area contributed by atoms with Crippen LogP contribution in [0.3, 0.4) is 0 Å². The number of aliphatic imine (C=N–C) groups is 1. The molecule has 80 valence electrons. The summed E-state index contributed by atoms with van der Waals surface area (Å²) in [6, 6.07) is 10.5. The van der Waals surface area contributed by atoms with E-state index < -0.39 is 0 Å². The summed E-state index contributed by atoms with van der Waals surface area (Å²) in [7, 11) is 0. The van der Waals surface area contributed by atoms with Gasteiger partial charge in [-0.15, -0.1) is 11.8 Å². The molecule has 0 radical (unpaired) electrons. The van der Waals surface area contributed by atoms with E-state index in [9.17, 15) is 0 Å². The fourth-order valence-corrected chi connectivity index (χ4v) is 2.97. The van der Waals surface area contributed by atoms with Crippen LogP contribution >= 0.6 is 11.8 Å². The molecule has 1 aromatic carbocycles. The van der Waals surface area contributed by atoms with E-state index >= 15 is 0 Å². The number of nitrogens with zero attached hydrogens (tertiary/aromatic N) is 1. The van der Waals surface area contributed by atoms with Crippen LogP contribution in [0.15, 0.2) is 35.3 Å². The zero-order valence-electron chi connectivity index (χ0n) is 9.31. The van der Waals surface area contributed by atoms with Crippen LogP contribution in [0.2, 0.25) is 0 Å². The molecule has 0 saturated heterocycles. The maximum atomic E-state index is 4.68. The Labute approximate surface area is 96.0 Å². The van der Waals surface area contributed by atoms with Gasteiger partial charge in [-0.05, 0) is 11.8 Å². The normalized spacial score (nSPS) is 21.5. The van der Waals surface area contributed by atoms with Gasteiger partial charge in [-0.1, -0.05) is 44.2 Å².